The van der Waals surface area contributed by atoms with Crippen LogP contribution >= 0.6 is 23.2 Å². The van der Waals surface area contributed by atoms with Gasteiger partial charge in [0.25, 0.3) is 5.91 Å². The summed E-state index contributed by atoms with van der Waals surface area (Å²) in [5, 5.41) is 3.04. The minimum absolute atomic E-state index is 0.00769. The summed E-state index contributed by atoms with van der Waals surface area (Å²) in [7, 11) is -3.86. The van der Waals surface area contributed by atoms with Crippen molar-refractivity contribution >= 4 is 66.8 Å². The molecule has 1 amide bonds. The van der Waals surface area contributed by atoms with Gasteiger partial charge in [-0.25, -0.2) is 8.42 Å². The molecule has 13 heteroatoms. The van der Waals surface area contributed by atoms with Gasteiger partial charge in [0.2, 0.25) is 10.0 Å². The van der Waals surface area contributed by atoms with E-state index >= 15 is 0 Å². The second kappa shape index (κ2) is 10.2. The highest BCUT2D eigenvalue weighted by Gasteiger charge is 2.26. The maximum atomic E-state index is 13.3. The average Bonchev–Trinajstić information content (AvgIpc) is 3.21. The number of furan rings is 1. The highest BCUT2D eigenvalue weighted by molar-refractivity contribution is 7.89. The Morgan fingerprint density at radius 1 is 1.14 bits per heavy atom. The number of alkyl halides is 2. The van der Waals surface area contributed by atoms with Crippen LogP contribution < -0.4 is 10.1 Å². The Morgan fingerprint density at radius 3 is 2.42 bits per heavy atom. The Hall–Kier alpha value is -2.99. The number of carbonyl (C=O) groups is 1. The third-order valence-electron chi connectivity index (χ3n) is 5.45. The summed E-state index contributed by atoms with van der Waals surface area (Å²) < 4.78 is 63.9. The Morgan fingerprint density at radius 2 is 1.81 bits per heavy atom. The molecule has 8 nitrogen and oxygen atoms in total. The second-order valence-corrected chi connectivity index (χ2v) is 10.2. The number of hydrogen-bond donors (Lipinski definition) is 1. The summed E-state index contributed by atoms with van der Waals surface area (Å²) in [5.74, 6) is -1.01. The van der Waals surface area contributed by atoms with Gasteiger partial charge in [0.05, 0.1) is 26.2 Å². The molecule has 0 spiro atoms. The molecule has 190 valence electrons. The number of sulfonamides is 1. The molecule has 0 radical (unpaired) electrons. The summed E-state index contributed by atoms with van der Waals surface area (Å²) >= 11 is 12.2. The predicted molar refractivity (Wildman–Crippen MR) is 133 cm³/mol. The number of nitrogens with zero attached hydrogens (tertiary/aromatic N) is 2. The third-order valence-corrected chi connectivity index (χ3v) is 8.07. The zero-order chi connectivity index (χ0) is 26.2. The fraction of sp³-hybridized carbons (Fsp3) is 0.217. The molecule has 0 saturated carbocycles. The van der Waals surface area contributed by atoms with Crippen molar-refractivity contribution in [2.24, 2.45) is 0 Å². The van der Waals surface area contributed by atoms with E-state index in [4.69, 9.17) is 27.6 Å². The number of hydrogen-bond acceptors (Lipinski definition) is 6. The number of anilines is 1. The lowest BCUT2D eigenvalue weighted by atomic mass is 10.0. The van der Waals surface area contributed by atoms with Crippen molar-refractivity contribution < 1.29 is 31.1 Å². The largest absolute Gasteiger partial charge is 0.452 e. The number of nitrogens with one attached hydrogen (secondary N) is 1. The van der Waals surface area contributed by atoms with Crippen molar-refractivity contribution in [3.63, 3.8) is 0 Å². The molecule has 2 aromatic heterocycles. The highest BCUT2D eigenvalue weighted by Crippen LogP contribution is 2.39. The van der Waals surface area contributed by atoms with E-state index in [1.165, 1.54) is 41.0 Å². The molecular weight excluding hydrogens is 539 g/mol. The van der Waals surface area contributed by atoms with Gasteiger partial charge in [-0.3, -0.25) is 9.78 Å². The van der Waals surface area contributed by atoms with E-state index in [1.54, 1.807) is 13.8 Å². The van der Waals surface area contributed by atoms with Crippen molar-refractivity contribution in [2.75, 3.05) is 18.4 Å². The number of pyridine rings is 1. The van der Waals surface area contributed by atoms with Crippen LogP contribution in [0.15, 0.2) is 52.0 Å². The maximum absolute atomic E-state index is 13.3. The Labute approximate surface area is 214 Å². The van der Waals surface area contributed by atoms with Gasteiger partial charge < -0.3 is 14.5 Å². The van der Waals surface area contributed by atoms with Crippen molar-refractivity contribution in [3.8, 4) is 5.75 Å². The van der Waals surface area contributed by atoms with Crippen LogP contribution in [0, 0.1) is 0 Å². The number of benzene rings is 2. The van der Waals surface area contributed by atoms with E-state index in [9.17, 15) is 22.0 Å². The monoisotopic (exact) mass is 557 g/mol. The molecule has 4 aromatic rings. The second-order valence-electron chi connectivity index (χ2n) is 7.48. The lowest BCUT2D eigenvalue weighted by molar-refractivity contribution is -0.0493. The number of amides is 1. The van der Waals surface area contributed by atoms with Crippen molar-refractivity contribution in [2.45, 2.75) is 25.4 Å². The van der Waals surface area contributed by atoms with Gasteiger partial charge >= 0.3 is 6.61 Å². The van der Waals surface area contributed by atoms with Crippen LogP contribution in [0.1, 0.15) is 24.2 Å². The summed E-state index contributed by atoms with van der Waals surface area (Å²) in [6.45, 7) is 0.749. The molecule has 0 aliphatic rings. The molecule has 0 bridgehead atoms. The summed E-state index contributed by atoms with van der Waals surface area (Å²) in [4.78, 5) is 17.1. The first-order valence-corrected chi connectivity index (χ1v) is 12.8. The first-order chi connectivity index (χ1) is 17.1. The van der Waals surface area contributed by atoms with Gasteiger partial charge in [-0.1, -0.05) is 37.0 Å². The summed E-state index contributed by atoms with van der Waals surface area (Å²) in [6, 6.07) is 6.51. The molecule has 2 heterocycles. The maximum Gasteiger partial charge on any atom is 0.387 e. The fourth-order valence-electron chi connectivity index (χ4n) is 3.80. The topological polar surface area (TPSA) is 102 Å². The third kappa shape index (κ3) is 4.71. The highest BCUT2D eigenvalue weighted by atomic mass is 35.5. The number of halogens is 4. The number of rotatable bonds is 8. The summed E-state index contributed by atoms with van der Waals surface area (Å²) in [5.41, 5.74) is 0.105. The Kier molecular flexibility index (Phi) is 7.37. The normalized spacial score (nSPS) is 12.1. The molecule has 0 aliphatic carbocycles. The molecule has 1 N–H and O–H groups in total. The first kappa shape index (κ1) is 26.1. The zero-order valence-corrected chi connectivity index (χ0v) is 21.2. The Bertz CT molecular complexity index is 1550. The lowest BCUT2D eigenvalue weighted by Gasteiger charge is -2.18. The molecule has 4 rings (SSSR count). The predicted octanol–water partition coefficient (Wildman–Crippen LogP) is 6.17. The number of fused-ring (bicyclic) bond motifs is 3. The first-order valence-electron chi connectivity index (χ1n) is 10.6. The van der Waals surface area contributed by atoms with E-state index in [1.807, 2.05) is 0 Å². The number of carbonyl (C=O) groups excluding carboxylic acids is 1. The molecule has 0 atom stereocenters. The van der Waals surface area contributed by atoms with E-state index in [0.29, 0.717) is 0 Å². The zero-order valence-electron chi connectivity index (χ0n) is 18.9. The molecule has 2 aromatic carbocycles. The van der Waals surface area contributed by atoms with Crippen LogP contribution in [0.3, 0.4) is 0 Å². The van der Waals surface area contributed by atoms with Crippen LogP contribution in [-0.2, 0) is 10.0 Å². The number of ether oxygens (including phenoxy) is 1. The summed E-state index contributed by atoms with van der Waals surface area (Å²) in [6.07, 6.45) is 2.58. The smallest absolute Gasteiger partial charge is 0.387 e. The van der Waals surface area contributed by atoms with E-state index in [0.717, 1.165) is 6.07 Å². The SMILES string of the molecule is CCN(CC)S(=O)(=O)c1ccc2oc3c(OC(F)F)ccc(C(=O)Nc4c(Cl)cncc4Cl)c3c2c1. The van der Waals surface area contributed by atoms with Gasteiger partial charge in [-0.2, -0.15) is 13.1 Å². The average molecular weight is 558 g/mol. The standard InChI is InChI=1S/C23H19Cl2F2N3O5S/c1-3-30(4-2)36(32,33)12-5-7-17-14(9-12)19-13(6-8-18(21(19)34-17)35-23(26)27)22(31)29-20-15(24)10-28-11-16(20)25/h5-11,23H,3-4H2,1-2H3,(H,28,29,31). The van der Waals surface area contributed by atoms with Gasteiger partial charge in [0.15, 0.2) is 11.3 Å². The van der Waals surface area contributed by atoms with E-state index in [2.05, 4.69) is 15.0 Å². The minimum atomic E-state index is -3.86. The van der Waals surface area contributed by atoms with E-state index < -0.39 is 22.5 Å². The quantitative estimate of drug-likeness (QED) is 0.278. The van der Waals surface area contributed by atoms with Crippen molar-refractivity contribution in [1.82, 2.24) is 9.29 Å². The van der Waals surface area contributed by atoms with Crippen LogP contribution in [0.4, 0.5) is 14.5 Å². The van der Waals surface area contributed by atoms with Crippen LogP contribution in [0.5, 0.6) is 5.75 Å². The molecular formula is C23H19Cl2F2N3O5S. The van der Waals surface area contributed by atoms with Crippen molar-refractivity contribution in [3.05, 3.63) is 58.3 Å². The number of aromatic nitrogens is 1. The molecule has 0 fully saturated rings. The lowest BCUT2D eigenvalue weighted by Crippen LogP contribution is -2.30. The van der Waals surface area contributed by atoms with Crippen molar-refractivity contribution in [1.29, 1.82) is 0 Å². The molecule has 0 saturated heterocycles. The van der Waals surface area contributed by atoms with Gasteiger partial charge in [0, 0.05) is 36.3 Å². The van der Waals surface area contributed by atoms with Crippen LogP contribution in [-0.4, -0.2) is 43.3 Å². The molecule has 36 heavy (non-hydrogen) atoms. The van der Waals surface area contributed by atoms with Gasteiger partial charge in [-0.15, -0.1) is 0 Å². The van der Waals surface area contributed by atoms with Crippen LogP contribution in [0.25, 0.3) is 21.9 Å². The Balaban J connectivity index is 1.95. The van der Waals surface area contributed by atoms with Crippen LogP contribution in [0.2, 0.25) is 10.0 Å². The van der Waals surface area contributed by atoms with Gasteiger partial charge in [-0.05, 0) is 30.3 Å². The van der Waals surface area contributed by atoms with E-state index in [-0.39, 0.29) is 67.0 Å². The molecule has 0 unspecified atom stereocenters. The molecule has 0 aliphatic heterocycles. The van der Waals surface area contributed by atoms with Gasteiger partial charge in [0.1, 0.15) is 5.58 Å². The minimum Gasteiger partial charge on any atom is -0.452 e. The fourth-order valence-corrected chi connectivity index (χ4v) is 5.74.